The van der Waals surface area contributed by atoms with E-state index in [1.54, 1.807) is 19.1 Å². The lowest BCUT2D eigenvalue weighted by Gasteiger charge is -2.27. The van der Waals surface area contributed by atoms with Crippen molar-refractivity contribution in [2.24, 2.45) is 5.92 Å². The quantitative estimate of drug-likeness (QED) is 0.755. The fourth-order valence-electron chi connectivity index (χ4n) is 3.94. The first-order chi connectivity index (χ1) is 12.9. The number of amides is 1. The van der Waals surface area contributed by atoms with E-state index in [1.807, 2.05) is 0 Å². The lowest BCUT2D eigenvalue weighted by molar-refractivity contribution is -0.126. The van der Waals surface area contributed by atoms with Crippen LogP contribution in [0.25, 0.3) is 0 Å². The van der Waals surface area contributed by atoms with Crippen molar-refractivity contribution in [3.05, 3.63) is 24.2 Å². The van der Waals surface area contributed by atoms with Crippen LogP contribution < -0.4 is 5.32 Å². The summed E-state index contributed by atoms with van der Waals surface area (Å²) < 4.78 is 36.4. The zero-order chi connectivity index (χ0) is 19.4. The maximum absolute atomic E-state index is 13.0. The van der Waals surface area contributed by atoms with Crippen molar-refractivity contribution < 1.29 is 27.2 Å². The number of furan rings is 1. The molecule has 1 aliphatic carbocycles. The van der Waals surface area contributed by atoms with Crippen LogP contribution in [0.5, 0.6) is 0 Å². The first kappa shape index (κ1) is 20.1. The van der Waals surface area contributed by atoms with Gasteiger partial charge >= 0.3 is 0 Å². The van der Waals surface area contributed by atoms with Crippen LogP contribution >= 0.6 is 0 Å². The fourth-order valence-corrected chi connectivity index (χ4v) is 5.66. The van der Waals surface area contributed by atoms with Crippen LogP contribution in [0.3, 0.4) is 0 Å². The third-order valence-electron chi connectivity index (χ3n) is 5.52. The topological polar surface area (TPSA) is 103 Å². The van der Waals surface area contributed by atoms with Gasteiger partial charge in [-0.2, -0.15) is 0 Å². The standard InChI is InChI=1S/C19H27NO6S/c1-13-18(16(21)11-26-13)20-19(22)17(10-14-6-3-2-4-7-14)27(23,24)12-15-8-5-9-25-15/h5,8-9,13-14,17-18H,2-4,6-7,10-12H2,1H3,(H,20,22)/t13-,17+,18-/m0/s1. The first-order valence-electron chi connectivity index (χ1n) is 9.55. The number of carbonyl (C=O) groups is 2. The number of rotatable bonds is 7. The summed E-state index contributed by atoms with van der Waals surface area (Å²) in [6.07, 6.45) is 6.38. The second-order valence-corrected chi connectivity index (χ2v) is 9.77. The lowest BCUT2D eigenvalue weighted by Crippen LogP contribution is -2.50. The van der Waals surface area contributed by atoms with E-state index in [9.17, 15) is 18.0 Å². The fraction of sp³-hybridized carbons (Fsp3) is 0.684. The molecule has 3 rings (SSSR count). The van der Waals surface area contributed by atoms with Crippen molar-refractivity contribution >= 4 is 21.5 Å². The van der Waals surface area contributed by atoms with Gasteiger partial charge in [-0.25, -0.2) is 8.42 Å². The summed E-state index contributed by atoms with van der Waals surface area (Å²) in [5.41, 5.74) is 0. The first-order valence-corrected chi connectivity index (χ1v) is 11.3. The molecule has 0 radical (unpaired) electrons. The predicted molar refractivity (Wildman–Crippen MR) is 98.7 cm³/mol. The molecule has 0 bridgehead atoms. The van der Waals surface area contributed by atoms with Crippen molar-refractivity contribution in [1.82, 2.24) is 5.32 Å². The normalized spacial score (nSPS) is 25.4. The third-order valence-corrected chi connectivity index (χ3v) is 7.48. The second-order valence-electron chi connectivity index (χ2n) is 7.58. The van der Waals surface area contributed by atoms with Crippen LogP contribution in [-0.2, 0) is 29.9 Å². The highest BCUT2D eigenvalue weighted by Crippen LogP contribution is 2.30. The summed E-state index contributed by atoms with van der Waals surface area (Å²) in [6.45, 7) is 1.64. The number of carbonyl (C=O) groups excluding carboxylic acids is 2. The molecule has 8 heteroatoms. The highest BCUT2D eigenvalue weighted by Gasteiger charge is 2.40. The SMILES string of the molecule is C[C@@H]1OCC(=O)[C@H]1NC(=O)[C@@H](CC1CCCCC1)S(=O)(=O)Cc1ccco1. The second kappa shape index (κ2) is 8.56. The monoisotopic (exact) mass is 397 g/mol. The average Bonchev–Trinajstić information content (AvgIpc) is 3.25. The van der Waals surface area contributed by atoms with E-state index in [1.165, 1.54) is 6.26 Å². The molecule has 0 aromatic carbocycles. The minimum Gasteiger partial charge on any atom is -0.468 e. The van der Waals surface area contributed by atoms with Gasteiger partial charge in [-0.05, 0) is 31.4 Å². The molecule has 0 unspecified atom stereocenters. The molecule has 0 spiro atoms. The Balaban J connectivity index is 1.77. The van der Waals surface area contributed by atoms with Gasteiger partial charge in [0.2, 0.25) is 5.91 Å². The molecule has 1 aromatic rings. The minimum atomic E-state index is -3.78. The van der Waals surface area contributed by atoms with E-state index in [0.717, 1.165) is 32.1 Å². The Kier molecular flexibility index (Phi) is 6.37. The van der Waals surface area contributed by atoms with E-state index in [0.29, 0.717) is 5.76 Å². The molecule has 1 N–H and O–H groups in total. The molecule has 1 amide bonds. The van der Waals surface area contributed by atoms with Crippen molar-refractivity contribution in [2.75, 3.05) is 6.61 Å². The highest BCUT2D eigenvalue weighted by atomic mass is 32.2. The Labute approximate surface area is 159 Å². The largest absolute Gasteiger partial charge is 0.468 e. The number of Topliss-reactive ketones (excluding diaryl/α,β-unsaturated/α-hetero) is 1. The Morgan fingerprint density at radius 1 is 1.30 bits per heavy atom. The number of hydrogen-bond acceptors (Lipinski definition) is 6. The van der Waals surface area contributed by atoms with Gasteiger partial charge < -0.3 is 14.5 Å². The molecule has 2 aliphatic rings. The van der Waals surface area contributed by atoms with Gasteiger partial charge in [0.05, 0.1) is 12.4 Å². The van der Waals surface area contributed by atoms with Gasteiger partial charge in [-0.15, -0.1) is 0 Å². The summed E-state index contributed by atoms with van der Waals surface area (Å²) in [4.78, 5) is 24.8. The summed E-state index contributed by atoms with van der Waals surface area (Å²) in [7, 11) is -3.78. The van der Waals surface area contributed by atoms with Crippen LogP contribution in [0, 0.1) is 5.92 Å². The van der Waals surface area contributed by atoms with E-state index in [2.05, 4.69) is 5.32 Å². The Hall–Kier alpha value is -1.67. The van der Waals surface area contributed by atoms with E-state index < -0.39 is 33.1 Å². The summed E-state index contributed by atoms with van der Waals surface area (Å²) in [5, 5.41) is 1.44. The van der Waals surface area contributed by atoms with Gasteiger partial charge in [0, 0.05) is 0 Å². The number of hydrogen-bond donors (Lipinski definition) is 1. The third kappa shape index (κ3) is 4.99. The molecule has 27 heavy (non-hydrogen) atoms. The summed E-state index contributed by atoms with van der Waals surface area (Å²) >= 11 is 0. The lowest BCUT2D eigenvalue weighted by atomic mass is 9.86. The maximum Gasteiger partial charge on any atom is 0.239 e. The molecule has 3 atom stereocenters. The van der Waals surface area contributed by atoms with Crippen molar-refractivity contribution in [2.45, 2.75) is 68.6 Å². The molecular weight excluding hydrogens is 370 g/mol. The molecule has 1 saturated heterocycles. The molecule has 7 nitrogen and oxygen atoms in total. The van der Waals surface area contributed by atoms with E-state index in [-0.39, 0.29) is 30.5 Å². The average molecular weight is 397 g/mol. The predicted octanol–water partition coefficient (Wildman–Crippen LogP) is 2.01. The summed E-state index contributed by atoms with van der Waals surface area (Å²) in [6, 6.07) is 2.42. The van der Waals surface area contributed by atoms with Gasteiger partial charge in [0.1, 0.15) is 29.4 Å². The number of nitrogens with one attached hydrogen (secondary N) is 1. The number of ketones is 1. The maximum atomic E-state index is 13.0. The van der Waals surface area contributed by atoms with E-state index >= 15 is 0 Å². The van der Waals surface area contributed by atoms with Crippen LogP contribution in [0.15, 0.2) is 22.8 Å². The highest BCUT2D eigenvalue weighted by molar-refractivity contribution is 7.92. The molecular formula is C19H27NO6S. The van der Waals surface area contributed by atoms with Crippen LogP contribution in [-0.4, -0.2) is 44.1 Å². The number of ether oxygens (including phenoxy) is 1. The zero-order valence-electron chi connectivity index (χ0n) is 15.6. The van der Waals surface area contributed by atoms with Gasteiger partial charge in [0.15, 0.2) is 15.6 Å². The number of sulfone groups is 1. The molecule has 2 fully saturated rings. The van der Waals surface area contributed by atoms with E-state index in [4.69, 9.17) is 9.15 Å². The molecule has 150 valence electrons. The van der Waals surface area contributed by atoms with Crippen molar-refractivity contribution in [3.63, 3.8) is 0 Å². The van der Waals surface area contributed by atoms with Crippen LogP contribution in [0.2, 0.25) is 0 Å². The molecule has 1 saturated carbocycles. The smallest absolute Gasteiger partial charge is 0.239 e. The van der Waals surface area contributed by atoms with Gasteiger partial charge in [-0.3, -0.25) is 9.59 Å². The van der Waals surface area contributed by atoms with Gasteiger partial charge in [-0.1, -0.05) is 32.1 Å². The van der Waals surface area contributed by atoms with Crippen molar-refractivity contribution in [1.29, 1.82) is 0 Å². The molecule has 1 aromatic heterocycles. The Bertz CT molecular complexity index is 751. The van der Waals surface area contributed by atoms with Gasteiger partial charge in [0.25, 0.3) is 0 Å². The van der Waals surface area contributed by atoms with Crippen molar-refractivity contribution in [3.8, 4) is 0 Å². The minimum absolute atomic E-state index is 0.0570. The molecule has 1 aliphatic heterocycles. The summed E-state index contributed by atoms with van der Waals surface area (Å²) in [5.74, 6) is -0.646. The Morgan fingerprint density at radius 3 is 2.63 bits per heavy atom. The van der Waals surface area contributed by atoms with Crippen LogP contribution in [0.1, 0.15) is 51.2 Å². The Morgan fingerprint density at radius 2 is 2.04 bits per heavy atom. The van der Waals surface area contributed by atoms with Crippen LogP contribution in [0.4, 0.5) is 0 Å². The zero-order valence-corrected chi connectivity index (χ0v) is 16.4. The molecule has 2 heterocycles.